The third kappa shape index (κ3) is 1.69. The van der Waals surface area contributed by atoms with E-state index in [0.29, 0.717) is 17.9 Å². The summed E-state index contributed by atoms with van der Waals surface area (Å²) >= 11 is 0. The lowest BCUT2D eigenvalue weighted by atomic mass is 10.1. The third-order valence-electron chi connectivity index (χ3n) is 2.45. The Hall–Kier alpha value is -2.10. The van der Waals surface area contributed by atoms with Crippen molar-refractivity contribution in [1.82, 2.24) is 0 Å². The molecule has 1 aromatic carbocycles. The second kappa shape index (κ2) is 3.81. The highest BCUT2D eigenvalue weighted by Crippen LogP contribution is 2.30. The van der Waals surface area contributed by atoms with E-state index < -0.39 is 5.97 Å². The van der Waals surface area contributed by atoms with Crippen molar-refractivity contribution in [2.75, 3.05) is 18.5 Å². The van der Waals surface area contributed by atoms with Gasteiger partial charge in [0, 0.05) is 24.4 Å². The Morgan fingerprint density at radius 2 is 2.31 bits per heavy atom. The third-order valence-corrected chi connectivity index (χ3v) is 2.45. The van der Waals surface area contributed by atoms with Gasteiger partial charge in [-0.25, -0.2) is 4.79 Å². The molecule has 0 N–H and O–H groups in total. The highest BCUT2D eigenvalue weighted by molar-refractivity contribution is 6.08. The quantitative estimate of drug-likeness (QED) is 0.427. The molecule has 16 heavy (non-hydrogen) atoms. The van der Waals surface area contributed by atoms with Crippen LogP contribution in [0, 0.1) is 0 Å². The first-order valence-corrected chi connectivity index (χ1v) is 4.84. The number of ketones is 1. The van der Waals surface area contributed by atoms with Crippen LogP contribution in [0.15, 0.2) is 30.9 Å². The van der Waals surface area contributed by atoms with E-state index in [0.717, 1.165) is 11.8 Å². The van der Waals surface area contributed by atoms with E-state index in [1.165, 1.54) is 0 Å². The van der Waals surface area contributed by atoms with Crippen LogP contribution in [-0.2, 0) is 4.79 Å². The average molecular weight is 217 g/mol. The van der Waals surface area contributed by atoms with Crippen molar-refractivity contribution >= 4 is 17.4 Å². The maximum absolute atomic E-state index is 11.6. The number of likely N-dealkylation sites (N-methyl/N-ethyl adjacent to an activating group) is 1. The van der Waals surface area contributed by atoms with E-state index in [4.69, 9.17) is 4.74 Å². The van der Waals surface area contributed by atoms with E-state index in [1.807, 2.05) is 11.9 Å². The first kappa shape index (κ1) is 10.4. The monoisotopic (exact) mass is 217 g/mol. The number of Topliss-reactive ketones (excluding diaryl/α,β-unsaturated/α-hetero) is 1. The Kier molecular flexibility index (Phi) is 2.48. The maximum Gasteiger partial charge on any atom is 0.335 e. The van der Waals surface area contributed by atoms with E-state index in [1.54, 1.807) is 18.2 Å². The first-order chi connectivity index (χ1) is 7.61. The normalized spacial score (nSPS) is 13.6. The molecule has 0 amide bonds. The van der Waals surface area contributed by atoms with Gasteiger partial charge in [0.05, 0.1) is 6.54 Å². The van der Waals surface area contributed by atoms with Gasteiger partial charge in [-0.15, -0.1) is 0 Å². The smallest absolute Gasteiger partial charge is 0.335 e. The van der Waals surface area contributed by atoms with Crippen molar-refractivity contribution < 1.29 is 14.3 Å². The second-order valence-electron chi connectivity index (χ2n) is 3.58. The number of esters is 1. The molecule has 82 valence electrons. The van der Waals surface area contributed by atoms with Gasteiger partial charge >= 0.3 is 5.97 Å². The summed E-state index contributed by atoms with van der Waals surface area (Å²) in [6.45, 7) is 3.68. The van der Waals surface area contributed by atoms with E-state index in [-0.39, 0.29) is 5.78 Å². The molecule has 0 unspecified atom stereocenters. The summed E-state index contributed by atoms with van der Waals surface area (Å²) in [7, 11) is 1.85. The van der Waals surface area contributed by atoms with Crippen LogP contribution in [0.2, 0.25) is 0 Å². The molecule has 0 radical (unpaired) electrons. The molecule has 1 aliphatic rings. The molecule has 0 aliphatic carbocycles. The minimum atomic E-state index is -0.529. The summed E-state index contributed by atoms with van der Waals surface area (Å²) in [4.78, 5) is 24.4. The van der Waals surface area contributed by atoms with Crippen molar-refractivity contribution in [3.05, 3.63) is 36.4 Å². The topological polar surface area (TPSA) is 46.6 Å². The van der Waals surface area contributed by atoms with E-state index in [9.17, 15) is 9.59 Å². The van der Waals surface area contributed by atoms with Crippen LogP contribution >= 0.6 is 0 Å². The number of fused-ring (bicyclic) bond motifs is 1. The van der Waals surface area contributed by atoms with Crippen molar-refractivity contribution in [3.8, 4) is 5.75 Å². The average Bonchev–Trinajstić information content (AvgIpc) is 2.54. The Balaban J connectivity index is 2.33. The van der Waals surface area contributed by atoms with Crippen LogP contribution in [0.1, 0.15) is 10.4 Å². The Labute approximate surface area is 93.1 Å². The van der Waals surface area contributed by atoms with Crippen molar-refractivity contribution in [2.24, 2.45) is 0 Å². The fourth-order valence-electron chi connectivity index (χ4n) is 1.68. The number of carbonyl (C=O) groups is 2. The summed E-state index contributed by atoms with van der Waals surface area (Å²) < 4.78 is 4.94. The molecule has 0 saturated heterocycles. The molecule has 0 aromatic heterocycles. The number of carbonyl (C=O) groups excluding carboxylic acids is 2. The highest BCUT2D eigenvalue weighted by atomic mass is 16.5. The van der Waals surface area contributed by atoms with E-state index in [2.05, 4.69) is 6.58 Å². The largest absolute Gasteiger partial charge is 0.423 e. The maximum atomic E-state index is 11.6. The SMILES string of the molecule is C=CC(=O)Oc1ccc2c(c1)C(=O)CN2C. The zero-order valence-electron chi connectivity index (χ0n) is 8.90. The summed E-state index contributed by atoms with van der Waals surface area (Å²) in [5, 5.41) is 0. The van der Waals surface area contributed by atoms with Gasteiger partial charge in [0.1, 0.15) is 5.75 Å². The van der Waals surface area contributed by atoms with Gasteiger partial charge in [0.15, 0.2) is 5.78 Å². The molecule has 4 nitrogen and oxygen atoms in total. The lowest BCUT2D eigenvalue weighted by Crippen LogP contribution is -2.15. The minimum Gasteiger partial charge on any atom is -0.423 e. The van der Waals surface area contributed by atoms with Crippen LogP contribution in [0.25, 0.3) is 0 Å². The Morgan fingerprint density at radius 1 is 1.56 bits per heavy atom. The van der Waals surface area contributed by atoms with Crippen LogP contribution < -0.4 is 9.64 Å². The Bertz CT molecular complexity index is 479. The lowest BCUT2D eigenvalue weighted by Gasteiger charge is -2.10. The summed E-state index contributed by atoms with van der Waals surface area (Å²) in [6.07, 6.45) is 1.08. The highest BCUT2D eigenvalue weighted by Gasteiger charge is 2.24. The van der Waals surface area contributed by atoms with Gasteiger partial charge in [-0.2, -0.15) is 0 Å². The molecule has 2 rings (SSSR count). The molecular formula is C12H11NO3. The van der Waals surface area contributed by atoms with Gasteiger partial charge < -0.3 is 9.64 Å². The van der Waals surface area contributed by atoms with E-state index >= 15 is 0 Å². The molecule has 1 aromatic rings. The van der Waals surface area contributed by atoms with Crippen LogP contribution in [0.5, 0.6) is 5.75 Å². The van der Waals surface area contributed by atoms with Gasteiger partial charge in [-0.1, -0.05) is 6.58 Å². The minimum absolute atomic E-state index is 0.0361. The number of hydrogen-bond acceptors (Lipinski definition) is 4. The van der Waals surface area contributed by atoms with Gasteiger partial charge in [-0.3, -0.25) is 4.79 Å². The molecule has 0 saturated carbocycles. The van der Waals surface area contributed by atoms with Gasteiger partial charge in [-0.05, 0) is 18.2 Å². The summed E-state index contributed by atoms with van der Waals surface area (Å²) in [6, 6.07) is 5.02. The molecule has 1 heterocycles. The van der Waals surface area contributed by atoms with Crippen molar-refractivity contribution in [3.63, 3.8) is 0 Å². The predicted molar refractivity (Wildman–Crippen MR) is 59.9 cm³/mol. The number of benzene rings is 1. The number of hydrogen-bond donors (Lipinski definition) is 0. The number of ether oxygens (including phenoxy) is 1. The summed E-state index contributed by atoms with van der Waals surface area (Å²) in [5.41, 5.74) is 1.46. The number of rotatable bonds is 2. The zero-order chi connectivity index (χ0) is 11.7. The van der Waals surface area contributed by atoms with Gasteiger partial charge in [0.2, 0.25) is 0 Å². The molecule has 0 fully saturated rings. The molecule has 1 aliphatic heterocycles. The summed E-state index contributed by atoms with van der Waals surface area (Å²) in [5.74, 6) is -0.125. The molecule has 0 spiro atoms. The van der Waals surface area contributed by atoms with Crippen LogP contribution in [0.4, 0.5) is 5.69 Å². The second-order valence-corrected chi connectivity index (χ2v) is 3.58. The van der Waals surface area contributed by atoms with Gasteiger partial charge in [0.25, 0.3) is 0 Å². The van der Waals surface area contributed by atoms with Crippen molar-refractivity contribution in [2.45, 2.75) is 0 Å². The standard InChI is InChI=1S/C12H11NO3/c1-3-12(15)16-8-4-5-10-9(6-8)11(14)7-13(10)2/h3-6H,1,7H2,2H3. The zero-order valence-corrected chi connectivity index (χ0v) is 8.90. The molecule has 4 heteroatoms. The van der Waals surface area contributed by atoms with Crippen LogP contribution in [-0.4, -0.2) is 25.3 Å². The number of nitrogens with zero attached hydrogens (tertiary/aromatic N) is 1. The number of anilines is 1. The molecular weight excluding hydrogens is 206 g/mol. The first-order valence-electron chi connectivity index (χ1n) is 4.84. The molecule has 0 bridgehead atoms. The lowest BCUT2D eigenvalue weighted by molar-refractivity contribution is -0.128. The Morgan fingerprint density at radius 3 is 3.00 bits per heavy atom. The van der Waals surface area contributed by atoms with Crippen molar-refractivity contribution in [1.29, 1.82) is 0 Å². The predicted octanol–water partition coefficient (Wildman–Crippen LogP) is 1.41. The van der Waals surface area contributed by atoms with Crippen LogP contribution in [0.3, 0.4) is 0 Å². The fourth-order valence-corrected chi connectivity index (χ4v) is 1.68. The molecule has 0 atom stereocenters. The fraction of sp³-hybridized carbons (Fsp3) is 0.167.